The first kappa shape index (κ1) is 19.4. The number of carbonyl (C=O) groups is 3. The SMILES string of the molecule is CC(C)CC(=O)N1Cc2ccccc2CC1C(=O)N1CCC(C(=O)O)CC1. The van der Waals surface area contributed by atoms with Crippen LogP contribution in [0.4, 0.5) is 0 Å². The van der Waals surface area contributed by atoms with Gasteiger partial charge < -0.3 is 14.9 Å². The number of carboxylic acids is 1. The number of amides is 2. The summed E-state index contributed by atoms with van der Waals surface area (Å²) in [7, 11) is 0. The Balaban J connectivity index is 1.78. The topological polar surface area (TPSA) is 77.9 Å². The summed E-state index contributed by atoms with van der Waals surface area (Å²) in [6, 6.07) is 7.47. The molecule has 0 aromatic heterocycles. The van der Waals surface area contributed by atoms with Crippen molar-refractivity contribution in [1.82, 2.24) is 9.80 Å². The Hall–Kier alpha value is -2.37. The number of benzene rings is 1. The number of carbonyl (C=O) groups excluding carboxylic acids is 2. The maximum Gasteiger partial charge on any atom is 0.306 e. The molecule has 1 fully saturated rings. The van der Waals surface area contributed by atoms with Crippen LogP contribution in [0.5, 0.6) is 0 Å². The van der Waals surface area contributed by atoms with Crippen LogP contribution in [-0.2, 0) is 27.3 Å². The van der Waals surface area contributed by atoms with Crippen LogP contribution in [-0.4, -0.2) is 51.8 Å². The maximum absolute atomic E-state index is 13.2. The fourth-order valence-electron chi connectivity index (χ4n) is 4.03. The first-order valence-electron chi connectivity index (χ1n) is 9.74. The van der Waals surface area contributed by atoms with E-state index in [9.17, 15) is 14.4 Å². The molecule has 0 radical (unpaired) electrons. The third kappa shape index (κ3) is 4.31. The number of piperidine rings is 1. The molecule has 6 heteroatoms. The molecular formula is C21H28N2O4. The van der Waals surface area contributed by atoms with Crippen molar-refractivity contribution in [3.63, 3.8) is 0 Å². The molecule has 1 aromatic rings. The number of nitrogens with zero attached hydrogens (tertiary/aromatic N) is 2. The van der Waals surface area contributed by atoms with Gasteiger partial charge in [0.15, 0.2) is 0 Å². The molecular weight excluding hydrogens is 344 g/mol. The zero-order valence-corrected chi connectivity index (χ0v) is 16.1. The highest BCUT2D eigenvalue weighted by Gasteiger charge is 2.38. The second-order valence-corrected chi connectivity index (χ2v) is 8.05. The average Bonchev–Trinajstić information content (AvgIpc) is 2.66. The predicted molar refractivity (Wildman–Crippen MR) is 101 cm³/mol. The van der Waals surface area contributed by atoms with Gasteiger partial charge in [-0.25, -0.2) is 0 Å². The smallest absolute Gasteiger partial charge is 0.306 e. The molecule has 1 unspecified atom stereocenters. The minimum absolute atomic E-state index is 0.0123. The van der Waals surface area contributed by atoms with Gasteiger partial charge in [0.2, 0.25) is 11.8 Å². The van der Waals surface area contributed by atoms with Crippen LogP contribution < -0.4 is 0 Å². The lowest BCUT2D eigenvalue weighted by molar-refractivity contribution is -0.150. The van der Waals surface area contributed by atoms with Crippen LogP contribution in [0, 0.1) is 11.8 Å². The minimum Gasteiger partial charge on any atom is -0.481 e. The Morgan fingerprint density at radius 2 is 1.74 bits per heavy atom. The first-order valence-corrected chi connectivity index (χ1v) is 9.74. The average molecular weight is 372 g/mol. The standard InChI is InChI=1S/C21H28N2O4/c1-14(2)11-19(24)23-13-17-6-4-3-5-16(17)12-18(23)20(25)22-9-7-15(8-10-22)21(26)27/h3-6,14-15,18H,7-13H2,1-2H3,(H,26,27). The summed E-state index contributed by atoms with van der Waals surface area (Å²) in [5.74, 6) is -0.970. The zero-order valence-electron chi connectivity index (χ0n) is 16.1. The van der Waals surface area contributed by atoms with Crippen molar-refractivity contribution in [2.24, 2.45) is 11.8 Å². The third-order valence-electron chi connectivity index (χ3n) is 5.59. The zero-order chi connectivity index (χ0) is 19.6. The van der Waals surface area contributed by atoms with Gasteiger partial charge in [-0.05, 0) is 29.9 Å². The van der Waals surface area contributed by atoms with Crippen molar-refractivity contribution in [3.8, 4) is 0 Å². The summed E-state index contributed by atoms with van der Waals surface area (Å²) in [5.41, 5.74) is 2.22. The number of hydrogen-bond donors (Lipinski definition) is 1. The fourth-order valence-corrected chi connectivity index (χ4v) is 4.03. The number of fused-ring (bicyclic) bond motifs is 1. The van der Waals surface area contributed by atoms with E-state index in [2.05, 4.69) is 0 Å². The normalized spacial score (nSPS) is 20.5. The molecule has 2 aliphatic rings. The first-order chi connectivity index (χ1) is 12.9. The largest absolute Gasteiger partial charge is 0.481 e. The van der Waals surface area contributed by atoms with E-state index in [0.717, 1.165) is 11.1 Å². The lowest BCUT2D eigenvalue weighted by atomic mass is 9.91. The lowest BCUT2D eigenvalue weighted by Gasteiger charge is -2.40. The molecule has 1 aromatic carbocycles. The highest BCUT2D eigenvalue weighted by molar-refractivity contribution is 5.89. The number of carboxylic acid groups (broad SMARTS) is 1. The van der Waals surface area contributed by atoms with E-state index in [1.54, 1.807) is 9.80 Å². The van der Waals surface area contributed by atoms with Crippen LogP contribution in [0.1, 0.15) is 44.2 Å². The van der Waals surface area contributed by atoms with Gasteiger partial charge >= 0.3 is 5.97 Å². The van der Waals surface area contributed by atoms with Crippen molar-refractivity contribution in [1.29, 1.82) is 0 Å². The summed E-state index contributed by atoms with van der Waals surface area (Å²) in [6.45, 7) is 5.36. The molecule has 2 heterocycles. The molecule has 2 aliphatic heterocycles. The summed E-state index contributed by atoms with van der Waals surface area (Å²) < 4.78 is 0. The monoisotopic (exact) mass is 372 g/mol. The number of aliphatic carboxylic acids is 1. The molecule has 0 aliphatic carbocycles. The van der Waals surface area contributed by atoms with Gasteiger partial charge in [-0.2, -0.15) is 0 Å². The highest BCUT2D eigenvalue weighted by atomic mass is 16.4. The van der Waals surface area contributed by atoms with Crippen molar-refractivity contribution in [2.45, 2.75) is 52.1 Å². The van der Waals surface area contributed by atoms with Gasteiger partial charge in [0.1, 0.15) is 6.04 Å². The highest BCUT2D eigenvalue weighted by Crippen LogP contribution is 2.27. The van der Waals surface area contributed by atoms with E-state index in [1.807, 2.05) is 38.1 Å². The number of likely N-dealkylation sites (tertiary alicyclic amines) is 1. The van der Waals surface area contributed by atoms with E-state index in [4.69, 9.17) is 5.11 Å². The molecule has 27 heavy (non-hydrogen) atoms. The third-order valence-corrected chi connectivity index (χ3v) is 5.59. The molecule has 1 atom stereocenters. The number of hydrogen-bond acceptors (Lipinski definition) is 3. The van der Waals surface area contributed by atoms with Crippen molar-refractivity contribution in [2.75, 3.05) is 13.1 Å². The van der Waals surface area contributed by atoms with Crippen LogP contribution in [0.3, 0.4) is 0 Å². The van der Waals surface area contributed by atoms with Crippen LogP contribution in [0.15, 0.2) is 24.3 Å². The second kappa shape index (κ2) is 8.11. The van der Waals surface area contributed by atoms with Crippen molar-refractivity contribution >= 4 is 17.8 Å². The molecule has 146 valence electrons. The molecule has 1 N–H and O–H groups in total. The van der Waals surface area contributed by atoms with Gasteiger partial charge in [0, 0.05) is 32.5 Å². The fraction of sp³-hybridized carbons (Fsp3) is 0.571. The molecule has 6 nitrogen and oxygen atoms in total. The maximum atomic E-state index is 13.2. The Morgan fingerprint density at radius 1 is 1.11 bits per heavy atom. The Bertz CT molecular complexity index is 723. The van der Waals surface area contributed by atoms with Gasteiger partial charge in [-0.3, -0.25) is 14.4 Å². The van der Waals surface area contributed by atoms with Gasteiger partial charge in [-0.1, -0.05) is 38.1 Å². The van der Waals surface area contributed by atoms with E-state index < -0.39 is 12.0 Å². The Morgan fingerprint density at radius 3 is 2.33 bits per heavy atom. The molecule has 0 spiro atoms. The molecule has 1 saturated heterocycles. The quantitative estimate of drug-likeness (QED) is 0.880. The van der Waals surface area contributed by atoms with E-state index in [0.29, 0.717) is 45.3 Å². The lowest BCUT2D eigenvalue weighted by Crippen LogP contribution is -2.55. The second-order valence-electron chi connectivity index (χ2n) is 8.05. The minimum atomic E-state index is -0.789. The van der Waals surface area contributed by atoms with E-state index in [-0.39, 0.29) is 23.7 Å². The van der Waals surface area contributed by atoms with Crippen LogP contribution in [0.25, 0.3) is 0 Å². The summed E-state index contributed by atoms with van der Waals surface area (Å²) in [4.78, 5) is 40.7. The van der Waals surface area contributed by atoms with Crippen LogP contribution in [0.2, 0.25) is 0 Å². The molecule has 0 saturated carbocycles. The molecule has 0 bridgehead atoms. The van der Waals surface area contributed by atoms with Crippen molar-refractivity contribution < 1.29 is 19.5 Å². The van der Waals surface area contributed by atoms with Crippen LogP contribution >= 0.6 is 0 Å². The van der Waals surface area contributed by atoms with E-state index in [1.165, 1.54) is 0 Å². The number of rotatable bonds is 4. The Kier molecular flexibility index (Phi) is 5.82. The Labute approximate surface area is 160 Å². The summed E-state index contributed by atoms with van der Waals surface area (Å²) >= 11 is 0. The predicted octanol–water partition coefficient (Wildman–Crippen LogP) is 2.31. The molecule has 3 rings (SSSR count). The van der Waals surface area contributed by atoms with Crippen molar-refractivity contribution in [3.05, 3.63) is 35.4 Å². The van der Waals surface area contributed by atoms with E-state index >= 15 is 0 Å². The summed E-state index contributed by atoms with van der Waals surface area (Å²) in [6.07, 6.45) is 1.90. The molecule has 2 amide bonds. The summed E-state index contributed by atoms with van der Waals surface area (Å²) in [5, 5.41) is 9.16. The van der Waals surface area contributed by atoms with Gasteiger partial charge in [-0.15, -0.1) is 0 Å². The van der Waals surface area contributed by atoms with Gasteiger partial charge in [0.25, 0.3) is 0 Å². The van der Waals surface area contributed by atoms with Gasteiger partial charge in [0.05, 0.1) is 5.92 Å².